The molecule has 0 spiro atoms. The van der Waals surface area contributed by atoms with E-state index < -0.39 is 0 Å². The van der Waals surface area contributed by atoms with E-state index in [-0.39, 0.29) is 18.3 Å². The molecule has 0 heterocycles. The van der Waals surface area contributed by atoms with E-state index in [1.54, 1.807) is 12.1 Å². The molecule has 0 amide bonds. The molecule has 4 heteroatoms. The lowest BCUT2D eigenvalue weighted by Crippen LogP contribution is -2.09. The number of aliphatic hydroxyl groups excluding tert-OH is 1. The minimum atomic E-state index is -0.324. The SMILES string of the molecule is OCC(Cc1cc(Cl)ccc1F)c1ccccc1Cl. The number of benzene rings is 2. The fourth-order valence-corrected chi connectivity index (χ4v) is 2.53. The molecule has 19 heavy (non-hydrogen) atoms. The number of aliphatic hydroxyl groups is 1. The van der Waals surface area contributed by atoms with E-state index in [9.17, 15) is 9.50 Å². The van der Waals surface area contributed by atoms with Crippen molar-refractivity contribution >= 4 is 23.2 Å². The Bertz CT molecular complexity index is 572. The van der Waals surface area contributed by atoms with E-state index in [0.29, 0.717) is 22.0 Å². The highest BCUT2D eigenvalue weighted by Gasteiger charge is 2.16. The van der Waals surface area contributed by atoms with Crippen LogP contribution in [0.25, 0.3) is 0 Å². The summed E-state index contributed by atoms with van der Waals surface area (Å²) in [5, 5.41) is 10.6. The summed E-state index contributed by atoms with van der Waals surface area (Å²) in [4.78, 5) is 0. The molecule has 0 aliphatic rings. The highest BCUT2D eigenvalue weighted by Crippen LogP contribution is 2.28. The first-order chi connectivity index (χ1) is 9.11. The van der Waals surface area contributed by atoms with E-state index in [4.69, 9.17) is 23.2 Å². The van der Waals surface area contributed by atoms with Crippen molar-refractivity contribution in [3.05, 3.63) is 69.5 Å². The molecule has 0 aliphatic carbocycles. The summed E-state index contributed by atoms with van der Waals surface area (Å²) < 4.78 is 13.7. The second-order valence-electron chi connectivity index (χ2n) is 4.34. The first-order valence-corrected chi connectivity index (χ1v) is 6.66. The predicted octanol–water partition coefficient (Wildman–Crippen LogP) is 4.45. The average Bonchev–Trinajstić information content (AvgIpc) is 2.41. The maximum absolute atomic E-state index is 13.7. The highest BCUT2D eigenvalue weighted by atomic mass is 35.5. The normalized spacial score (nSPS) is 12.4. The first kappa shape index (κ1) is 14.3. The molecule has 1 atom stereocenters. The van der Waals surface area contributed by atoms with Crippen molar-refractivity contribution in [2.45, 2.75) is 12.3 Å². The number of hydrogen-bond acceptors (Lipinski definition) is 1. The first-order valence-electron chi connectivity index (χ1n) is 5.91. The Balaban J connectivity index is 2.29. The second-order valence-corrected chi connectivity index (χ2v) is 5.18. The van der Waals surface area contributed by atoms with Crippen molar-refractivity contribution in [1.82, 2.24) is 0 Å². The van der Waals surface area contributed by atoms with Gasteiger partial charge in [-0.25, -0.2) is 4.39 Å². The molecule has 0 bridgehead atoms. The van der Waals surface area contributed by atoms with Gasteiger partial charge in [0.2, 0.25) is 0 Å². The van der Waals surface area contributed by atoms with Gasteiger partial charge in [-0.15, -0.1) is 0 Å². The lowest BCUT2D eigenvalue weighted by molar-refractivity contribution is 0.264. The molecular weight excluding hydrogens is 286 g/mol. The monoisotopic (exact) mass is 298 g/mol. The molecule has 0 fully saturated rings. The van der Waals surface area contributed by atoms with E-state index in [2.05, 4.69) is 0 Å². The lowest BCUT2D eigenvalue weighted by atomic mass is 9.92. The summed E-state index contributed by atoms with van der Waals surface area (Å²) in [5.41, 5.74) is 1.29. The fraction of sp³-hybridized carbons (Fsp3) is 0.200. The van der Waals surface area contributed by atoms with Gasteiger partial charge in [-0.2, -0.15) is 0 Å². The third kappa shape index (κ3) is 3.47. The zero-order valence-corrected chi connectivity index (χ0v) is 11.6. The summed E-state index contributed by atoms with van der Waals surface area (Å²) in [5.74, 6) is -0.573. The third-order valence-electron chi connectivity index (χ3n) is 3.04. The lowest BCUT2D eigenvalue weighted by Gasteiger charge is -2.16. The molecule has 0 radical (unpaired) electrons. The standard InChI is InChI=1S/C15H13Cl2FO/c16-12-5-6-15(18)10(8-12)7-11(9-19)13-3-1-2-4-14(13)17/h1-6,8,11,19H,7,9H2. The topological polar surface area (TPSA) is 20.2 Å². The van der Waals surface area contributed by atoms with Gasteiger partial charge in [0, 0.05) is 16.0 Å². The zero-order chi connectivity index (χ0) is 13.8. The Morgan fingerprint density at radius 2 is 1.84 bits per heavy atom. The fourth-order valence-electron chi connectivity index (χ4n) is 2.04. The average molecular weight is 299 g/mol. The summed E-state index contributed by atoms with van der Waals surface area (Å²) >= 11 is 12.0. The summed E-state index contributed by atoms with van der Waals surface area (Å²) in [6.07, 6.45) is 0.354. The maximum atomic E-state index is 13.7. The van der Waals surface area contributed by atoms with Crippen LogP contribution in [0.5, 0.6) is 0 Å². The molecular formula is C15H13Cl2FO. The molecule has 1 nitrogen and oxygen atoms in total. The Hall–Kier alpha value is -1.09. The van der Waals surface area contributed by atoms with Crippen LogP contribution < -0.4 is 0 Å². The Kier molecular flexibility index (Phi) is 4.81. The molecule has 2 aromatic carbocycles. The Labute approximate surface area is 121 Å². The van der Waals surface area contributed by atoms with Gasteiger partial charge in [0.25, 0.3) is 0 Å². The summed E-state index contributed by atoms with van der Waals surface area (Å²) in [7, 11) is 0. The minimum Gasteiger partial charge on any atom is -0.396 e. The number of halogens is 3. The van der Waals surface area contributed by atoms with Gasteiger partial charge < -0.3 is 5.11 Å². The minimum absolute atomic E-state index is 0.102. The molecule has 100 valence electrons. The molecule has 0 saturated carbocycles. The van der Waals surface area contributed by atoms with Crippen molar-refractivity contribution in [3.63, 3.8) is 0 Å². The van der Waals surface area contributed by atoms with Crippen molar-refractivity contribution in [3.8, 4) is 0 Å². The second kappa shape index (κ2) is 6.38. The van der Waals surface area contributed by atoms with Gasteiger partial charge in [-0.3, -0.25) is 0 Å². The van der Waals surface area contributed by atoms with Crippen LogP contribution in [0.2, 0.25) is 10.0 Å². The Morgan fingerprint density at radius 3 is 2.53 bits per heavy atom. The van der Waals surface area contributed by atoms with Crippen LogP contribution in [0.3, 0.4) is 0 Å². The van der Waals surface area contributed by atoms with Crippen molar-refractivity contribution < 1.29 is 9.50 Å². The largest absolute Gasteiger partial charge is 0.396 e. The van der Waals surface area contributed by atoms with Crippen LogP contribution in [-0.2, 0) is 6.42 Å². The summed E-state index contributed by atoms with van der Waals surface area (Å²) in [6.45, 7) is -0.102. The van der Waals surface area contributed by atoms with Gasteiger partial charge in [0.1, 0.15) is 5.82 Å². The highest BCUT2D eigenvalue weighted by molar-refractivity contribution is 6.31. The predicted molar refractivity (Wildman–Crippen MR) is 76.4 cm³/mol. The molecule has 0 saturated heterocycles. The molecule has 2 aromatic rings. The maximum Gasteiger partial charge on any atom is 0.126 e. The molecule has 0 aliphatic heterocycles. The molecule has 0 aromatic heterocycles. The van der Waals surface area contributed by atoms with Gasteiger partial charge in [-0.05, 0) is 41.8 Å². The molecule has 1 N–H and O–H groups in total. The van der Waals surface area contributed by atoms with E-state index in [1.165, 1.54) is 12.1 Å². The van der Waals surface area contributed by atoms with Crippen LogP contribution in [0.4, 0.5) is 4.39 Å². The van der Waals surface area contributed by atoms with Gasteiger partial charge in [0.05, 0.1) is 6.61 Å². The van der Waals surface area contributed by atoms with Crippen molar-refractivity contribution in [2.75, 3.05) is 6.61 Å². The Morgan fingerprint density at radius 1 is 1.11 bits per heavy atom. The van der Waals surface area contributed by atoms with Crippen LogP contribution in [-0.4, -0.2) is 11.7 Å². The smallest absolute Gasteiger partial charge is 0.126 e. The van der Waals surface area contributed by atoms with E-state index in [0.717, 1.165) is 5.56 Å². The van der Waals surface area contributed by atoms with Crippen LogP contribution in [0, 0.1) is 5.82 Å². The van der Waals surface area contributed by atoms with E-state index >= 15 is 0 Å². The molecule has 1 unspecified atom stereocenters. The van der Waals surface area contributed by atoms with Crippen LogP contribution >= 0.6 is 23.2 Å². The van der Waals surface area contributed by atoms with Crippen molar-refractivity contribution in [1.29, 1.82) is 0 Å². The summed E-state index contributed by atoms with van der Waals surface area (Å²) in [6, 6.07) is 11.7. The van der Waals surface area contributed by atoms with E-state index in [1.807, 2.05) is 18.2 Å². The van der Waals surface area contributed by atoms with Gasteiger partial charge in [-0.1, -0.05) is 41.4 Å². The van der Waals surface area contributed by atoms with Gasteiger partial charge in [0.15, 0.2) is 0 Å². The van der Waals surface area contributed by atoms with Crippen LogP contribution in [0.15, 0.2) is 42.5 Å². The van der Waals surface area contributed by atoms with Crippen LogP contribution in [0.1, 0.15) is 17.0 Å². The quantitative estimate of drug-likeness (QED) is 0.884. The van der Waals surface area contributed by atoms with Gasteiger partial charge >= 0.3 is 0 Å². The zero-order valence-electron chi connectivity index (χ0n) is 10.1. The number of hydrogen-bond donors (Lipinski definition) is 1. The molecule has 2 rings (SSSR count). The third-order valence-corrected chi connectivity index (χ3v) is 3.62. The number of rotatable bonds is 4. The van der Waals surface area contributed by atoms with Crippen molar-refractivity contribution in [2.24, 2.45) is 0 Å².